The van der Waals surface area contributed by atoms with Crippen LogP contribution in [-0.4, -0.2) is 27.5 Å². The third-order valence-electron chi connectivity index (χ3n) is 5.19. The number of carbonyl (C=O) groups excluding carboxylic acids is 1. The van der Waals surface area contributed by atoms with Crippen molar-refractivity contribution in [2.24, 2.45) is 0 Å². The minimum atomic E-state index is -4.70. The molecule has 0 saturated carbocycles. The molecule has 0 fully saturated rings. The summed E-state index contributed by atoms with van der Waals surface area (Å²) in [4.78, 5) is 12.2. The van der Waals surface area contributed by atoms with Gasteiger partial charge in [-0.3, -0.25) is 9.10 Å². The molecule has 178 valence electrons. The summed E-state index contributed by atoms with van der Waals surface area (Å²) in [7, 11) is -3.78. The molecule has 6 nitrogen and oxygen atoms in total. The van der Waals surface area contributed by atoms with Crippen molar-refractivity contribution in [2.75, 3.05) is 22.8 Å². The molecule has 34 heavy (non-hydrogen) atoms. The SMILES string of the molecule is O=C(COc1ccc(S(=O)(=O)N2CCc3ccccc32)cc1)Nc1ccc(Cl)cc1C(F)(F)F. The maximum atomic E-state index is 13.2. The highest BCUT2D eigenvalue weighted by Gasteiger charge is 2.34. The number of hydrogen-bond donors (Lipinski definition) is 1. The molecule has 0 radical (unpaired) electrons. The van der Waals surface area contributed by atoms with Crippen LogP contribution >= 0.6 is 11.6 Å². The zero-order valence-corrected chi connectivity index (χ0v) is 19.0. The largest absolute Gasteiger partial charge is 0.484 e. The Hall–Kier alpha value is -3.24. The normalized spacial score (nSPS) is 13.5. The number of sulfonamides is 1. The third kappa shape index (κ3) is 4.97. The fourth-order valence-electron chi connectivity index (χ4n) is 3.59. The first-order valence-electron chi connectivity index (χ1n) is 10.1. The van der Waals surface area contributed by atoms with Crippen molar-refractivity contribution in [1.82, 2.24) is 0 Å². The monoisotopic (exact) mass is 510 g/mol. The van der Waals surface area contributed by atoms with Crippen molar-refractivity contribution in [3.05, 3.63) is 82.9 Å². The molecule has 0 bridgehead atoms. The minimum Gasteiger partial charge on any atom is -0.484 e. The first-order chi connectivity index (χ1) is 16.1. The number of carbonyl (C=O) groups is 1. The molecule has 1 aliphatic rings. The van der Waals surface area contributed by atoms with Crippen LogP contribution in [0.5, 0.6) is 5.75 Å². The lowest BCUT2D eigenvalue weighted by molar-refractivity contribution is -0.137. The maximum absolute atomic E-state index is 13.2. The number of benzene rings is 3. The van der Waals surface area contributed by atoms with Gasteiger partial charge >= 0.3 is 6.18 Å². The molecular weight excluding hydrogens is 493 g/mol. The molecule has 0 aliphatic carbocycles. The van der Waals surface area contributed by atoms with E-state index in [9.17, 15) is 26.4 Å². The predicted molar refractivity (Wildman–Crippen MR) is 122 cm³/mol. The molecule has 4 rings (SSSR count). The van der Waals surface area contributed by atoms with Gasteiger partial charge in [-0.25, -0.2) is 8.42 Å². The zero-order chi connectivity index (χ0) is 24.5. The van der Waals surface area contributed by atoms with Gasteiger partial charge in [-0.15, -0.1) is 0 Å². The van der Waals surface area contributed by atoms with Gasteiger partial charge in [-0.2, -0.15) is 13.2 Å². The average Bonchev–Trinajstić information content (AvgIpc) is 3.24. The number of hydrogen-bond acceptors (Lipinski definition) is 4. The summed E-state index contributed by atoms with van der Waals surface area (Å²) in [6, 6.07) is 15.7. The quantitative estimate of drug-likeness (QED) is 0.499. The van der Waals surface area contributed by atoms with Crippen LogP contribution in [0.2, 0.25) is 5.02 Å². The summed E-state index contributed by atoms with van der Waals surface area (Å²) in [5.74, 6) is -0.638. The second-order valence-electron chi connectivity index (χ2n) is 7.45. The molecular formula is C23H18ClF3N2O4S. The van der Waals surface area contributed by atoms with E-state index >= 15 is 0 Å². The maximum Gasteiger partial charge on any atom is 0.418 e. The van der Waals surface area contributed by atoms with Crippen LogP contribution in [0.25, 0.3) is 0 Å². The summed E-state index contributed by atoms with van der Waals surface area (Å²) in [6.07, 6.45) is -4.08. The Morgan fingerprint density at radius 3 is 2.47 bits per heavy atom. The van der Waals surface area contributed by atoms with E-state index in [-0.39, 0.29) is 15.7 Å². The van der Waals surface area contributed by atoms with E-state index in [1.807, 2.05) is 12.1 Å². The molecule has 0 spiro atoms. The van der Waals surface area contributed by atoms with Gasteiger partial charge in [0.2, 0.25) is 0 Å². The number of para-hydroxylation sites is 1. The van der Waals surface area contributed by atoms with E-state index in [2.05, 4.69) is 5.32 Å². The first-order valence-corrected chi connectivity index (χ1v) is 11.9. The molecule has 1 amide bonds. The summed E-state index contributed by atoms with van der Waals surface area (Å²) in [5.41, 5.74) is 0.0653. The third-order valence-corrected chi connectivity index (χ3v) is 7.25. The zero-order valence-electron chi connectivity index (χ0n) is 17.5. The molecule has 0 unspecified atom stereocenters. The minimum absolute atomic E-state index is 0.0528. The van der Waals surface area contributed by atoms with Crippen LogP contribution in [0.4, 0.5) is 24.5 Å². The van der Waals surface area contributed by atoms with Gasteiger partial charge < -0.3 is 10.1 Å². The van der Waals surface area contributed by atoms with E-state index in [0.29, 0.717) is 18.7 Å². The van der Waals surface area contributed by atoms with Crippen LogP contribution in [0.3, 0.4) is 0 Å². The fourth-order valence-corrected chi connectivity index (χ4v) is 5.26. The van der Waals surface area contributed by atoms with Crippen molar-refractivity contribution in [1.29, 1.82) is 0 Å². The molecule has 1 heterocycles. The van der Waals surface area contributed by atoms with Gasteiger partial charge in [-0.05, 0) is 60.5 Å². The molecule has 1 N–H and O–H groups in total. The first kappa shape index (κ1) is 23.9. The van der Waals surface area contributed by atoms with Gasteiger partial charge in [0.15, 0.2) is 6.61 Å². The Bertz CT molecular complexity index is 1330. The Kier molecular flexibility index (Phi) is 6.46. The second kappa shape index (κ2) is 9.19. The van der Waals surface area contributed by atoms with E-state index in [1.54, 1.807) is 12.1 Å². The summed E-state index contributed by atoms with van der Waals surface area (Å²) < 4.78 is 72.2. The van der Waals surface area contributed by atoms with E-state index in [4.69, 9.17) is 16.3 Å². The smallest absolute Gasteiger partial charge is 0.418 e. The number of nitrogens with one attached hydrogen (secondary N) is 1. The molecule has 3 aromatic rings. The summed E-state index contributed by atoms with van der Waals surface area (Å²) in [5, 5.41) is 2.03. The van der Waals surface area contributed by atoms with Gasteiger partial charge in [0, 0.05) is 11.6 Å². The van der Waals surface area contributed by atoms with Crippen LogP contribution in [0.15, 0.2) is 71.6 Å². The number of halogens is 4. The number of rotatable bonds is 6. The molecule has 0 saturated heterocycles. The molecule has 11 heteroatoms. The van der Waals surface area contributed by atoms with Gasteiger partial charge in [0.05, 0.1) is 21.8 Å². The number of nitrogens with zero attached hydrogens (tertiary/aromatic N) is 1. The highest BCUT2D eigenvalue weighted by Crippen LogP contribution is 2.36. The average molecular weight is 511 g/mol. The van der Waals surface area contributed by atoms with Crippen molar-refractivity contribution in [2.45, 2.75) is 17.5 Å². The summed E-state index contributed by atoms with van der Waals surface area (Å²) in [6.45, 7) is -0.240. The lowest BCUT2D eigenvalue weighted by Gasteiger charge is -2.19. The van der Waals surface area contributed by atoms with Gasteiger partial charge in [0.25, 0.3) is 15.9 Å². The molecule has 3 aromatic carbocycles. The Morgan fingerprint density at radius 1 is 1.06 bits per heavy atom. The second-order valence-corrected chi connectivity index (χ2v) is 9.75. The van der Waals surface area contributed by atoms with Crippen molar-refractivity contribution < 1.29 is 31.1 Å². The van der Waals surface area contributed by atoms with Gasteiger partial charge in [-0.1, -0.05) is 29.8 Å². The predicted octanol–water partition coefficient (Wildman–Crippen LogP) is 5.13. The molecule has 1 aliphatic heterocycles. The van der Waals surface area contributed by atoms with E-state index in [0.717, 1.165) is 17.7 Å². The Labute approximate surface area is 199 Å². The highest BCUT2D eigenvalue weighted by molar-refractivity contribution is 7.92. The van der Waals surface area contributed by atoms with Gasteiger partial charge in [0.1, 0.15) is 5.75 Å². The van der Waals surface area contributed by atoms with Crippen LogP contribution in [0.1, 0.15) is 11.1 Å². The highest BCUT2D eigenvalue weighted by atomic mass is 35.5. The Balaban J connectivity index is 1.41. The number of anilines is 2. The van der Waals surface area contributed by atoms with Crippen molar-refractivity contribution in [3.8, 4) is 5.75 Å². The van der Waals surface area contributed by atoms with Crippen LogP contribution in [0, 0.1) is 0 Å². The van der Waals surface area contributed by atoms with Crippen LogP contribution < -0.4 is 14.4 Å². The van der Waals surface area contributed by atoms with E-state index < -0.39 is 40.0 Å². The summed E-state index contributed by atoms with van der Waals surface area (Å²) >= 11 is 5.63. The topological polar surface area (TPSA) is 75.7 Å². The number of ether oxygens (including phenoxy) is 1. The number of fused-ring (bicyclic) bond motifs is 1. The van der Waals surface area contributed by atoms with Crippen molar-refractivity contribution >= 4 is 38.9 Å². The lowest BCUT2D eigenvalue weighted by atomic mass is 10.1. The number of amides is 1. The standard InChI is InChI=1S/C23H18ClF3N2O4S/c24-16-5-10-20(19(13-16)23(25,26)27)28-22(30)14-33-17-6-8-18(9-7-17)34(31,32)29-12-11-15-3-1-2-4-21(15)29/h1-10,13H,11-12,14H2,(H,28,30). The molecule has 0 atom stereocenters. The fraction of sp³-hybridized carbons (Fsp3) is 0.174. The molecule has 0 aromatic heterocycles. The Morgan fingerprint density at radius 2 is 1.76 bits per heavy atom. The van der Waals surface area contributed by atoms with Crippen LogP contribution in [-0.2, 0) is 27.4 Å². The van der Waals surface area contributed by atoms with Crippen molar-refractivity contribution in [3.63, 3.8) is 0 Å². The number of alkyl halides is 3. The lowest BCUT2D eigenvalue weighted by Crippen LogP contribution is -2.29. The van der Waals surface area contributed by atoms with E-state index in [1.165, 1.54) is 34.6 Å².